The van der Waals surface area contributed by atoms with Crippen LogP contribution in [-0.4, -0.2) is 4.98 Å². The monoisotopic (exact) mass is 331 g/mol. The van der Waals surface area contributed by atoms with E-state index in [1.54, 1.807) is 11.1 Å². The van der Waals surface area contributed by atoms with E-state index in [0.717, 1.165) is 11.8 Å². The van der Waals surface area contributed by atoms with Crippen molar-refractivity contribution < 1.29 is 0 Å². The molecular weight excluding hydrogens is 302 g/mol. The molecule has 1 heterocycles. The van der Waals surface area contributed by atoms with E-state index in [-0.39, 0.29) is 0 Å². The summed E-state index contributed by atoms with van der Waals surface area (Å²) in [6.45, 7) is 0. The number of H-pyrrole nitrogens is 1. The van der Waals surface area contributed by atoms with E-state index >= 15 is 0 Å². The zero-order chi connectivity index (χ0) is 16.6. The van der Waals surface area contributed by atoms with Crippen LogP contribution in [0.25, 0.3) is 21.8 Å². The third kappa shape index (κ3) is 2.69. The molecular formula is C24H29N. The van der Waals surface area contributed by atoms with Gasteiger partial charge in [-0.1, -0.05) is 68.9 Å². The van der Waals surface area contributed by atoms with Gasteiger partial charge in [0, 0.05) is 16.3 Å². The Morgan fingerprint density at radius 2 is 1.32 bits per heavy atom. The molecule has 2 aromatic carbocycles. The molecule has 5 rings (SSSR count). The van der Waals surface area contributed by atoms with Gasteiger partial charge in [0.25, 0.3) is 0 Å². The number of rotatable bonds is 2. The SMILES string of the molecule is c1ccc2c(c1)[nH]c1c(C3CCCCC3)c(C3CCCCC3)ccc12. The first-order valence-corrected chi connectivity index (χ1v) is 10.4. The Hall–Kier alpha value is -1.76. The topological polar surface area (TPSA) is 15.8 Å². The minimum Gasteiger partial charge on any atom is -0.354 e. The molecule has 0 aliphatic heterocycles. The van der Waals surface area contributed by atoms with Gasteiger partial charge < -0.3 is 4.98 Å². The Kier molecular flexibility index (Phi) is 4.04. The average molecular weight is 332 g/mol. The molecule has 25 heavy (non-hydrogen) atoms. The lowest BCUT2D eigenvalue weighted by molar-refractivity contribution is 0.420. The maximum Gasteiger partial charge on any atom is 0.0503 e. The van der Waals surface area contributed by atoms with Crippen LogP contribution in [0.5, 0.6) is 0 Å². The largest absolute Gasteiger partial charge is 0.354 e. The van der Waals surface area contributed by atoms with Gasteiger partial charge in [0.05, 0.1) is 5.52 Å². The van der Waals surface area contributed by atoms with Gasteiger partial charge in [0.1, 0.15) is 0 Å². The van der Waals surface area contributed by atoms with E-state index in [4.69, 9.17) is 0 Å². The van der Waals surface area contributed by atoms with Crippen molar-refractivity contribution in [2.75, 3.05) is 0 Å². The number of benzene rings is 2. The van der Waals surface area contributed by atoms with Crippen LogP contribution in [0.1, 0.15) is 87.2 Å². The number of hydrogen-bond acceptors (Lipinski definition) is 0. The van der Waals surface area contributed by atoms with E-state index in [1.165, 1.54) is 86.0 Å². The molecule has 1 aromatic heterocycles. The zero-order valence-corrected chi connectivity index (χ0v) is 15.2. The molecule has 0 atom stereocenters. The summed E-state index contributed by atoms with van der Waals surface area (Å²) < 4.78 is 0. The van der Waals surface area contributed by atoms with Crippen molar-refractivity contribution in [3.8, 4) is 0 Å². The Bertz CT molecular complexity index is 876. The fourth-order valence-corrected chi connectivity index (χ4v) is 5.56. The Morgan fingerprint density at radius 1 is 0.640 bits per heavy atom. The van der Waals surface area contributed by atoms with E-state index in [1.807, 2.05) is 0 Å². The van der Waals surface area contributed by atoms with Crippen molar-refractivity contribution in [2.24, 2.45) is 0 Å². The number of aromatic nitrogens is 1. The number of aromatic amines is 1. The van der Waals surface area contributed by atoms with Crippen LogP contribution < -0.4 is 0 Å². The van der Waals surface area contributed by atoms with Crippen LogP contribution in [-0.2, 0) is 0 Å². The van der Waals surface area contributed by atoms with Crippen LogP contribution in [0, 0.1) is 0 Å². The molecule has 3 aromatic rings. The highest BCUT2D eigenvalue weighted by Crippen LogP contribution is 2.44. The molecule has 2 aliphatic carbocycles. The summed E-state index contributed by atoms with van der Waals surface area (Å²) >= 11 is 0. The molecule has 1 heteroatoms. The van der Waals surface area contributed by atoms with Crippen LogP contribution in [0.15, 0.2) is 36.4 Å². The minimum atomic E-state index is 0.766. The predicted molar refractivity (Wildman–Crippen MR) is 107 cm³/mol. The number of hydrogen-bond donors (Lipinski definition) is 1. The van der Waals surface area contributed by atoms with Gasteiger partial charge in [-0.3, -0.25) is 0 Å². The summed E-state index contributed by atoms with van der Waals surface area (Å²) in [5.74, 6) is 1.56. The van der Waals surface area contributed by atoms with E-state index < -0.39 is 0 Å². The lowest BCUT2D eigenvalue weighted by Gasteiger charge is -2.30. The molecule has 2 saturated carbocycles. The molecule has 0 bridgehead atoms. The van der Waals surface area contributed by atoms with Crippen molar-refractivity contribution >= 4 is 21.8 Å². The molecule has 0 spiro atoms. The lowest BCUT2D eigenvalue weighted by Crippen LogP contribution is -2.13. The molecule has 2 fully saturated rings. The summed E-state index contributed by atoms with van der Waals surface area (Å²) in [6.07, 6.45) is 14.1. The summed E-state index contributed by atoms with van der Waals surface area (Å²) in [5, 5.41) is 2.83. The molecule has 0 amide bonds. The highest BCUT2D eigenvalue weighted by Gasteiger charge is 2.26. The highest BCUT2D eigenvalue weighted by molar-refractivity contribution is 6.08. The Morgan fingerprint density at radius 3 is 2.08 bits per heavy atom. The van der Waals surface area contributed by atoms with Crippen LogP contribution in [0.2, 0.25) is 0 Å². The first-order chi connectivity index (χ1) is 12.4. The molecule has 130 valence electrons. The molecule has 0 radical (unpaired) electrons. The average Bonchev–Trinajstić information content (AvgIpc) is 3.07. The first-order valence-electron chi connectivity index (χ1n) is 10.4. The minimum absolute atomic E-state index is 0.766. The molecule has 0 unspecified atom stereocenters. The second-order valence-electron chi connectivity index (χ2n) is 8.33. The summed E-state index contributed by atoms with van der Waals surface area (Å²) in [7, 11) is 0. The van der Waals surface area contributed by atoms with Gasteiger partial charge in [-0.15, -0.1) is 0 Å². The third-order valence-corrected chi connectivity index (χ3v) is 6.81. The smallest absolute Gasteiger partial charge is 0.0503 e. The number of para-hydroxylation sites is 1. The maximum absolute atomic E-state index is 3.82. The Labute approximate surface area is 150 Å². The van der Waals surface area contributed by atoms with Gasteiger partial charge in [-0.25, -0.2) is 0 Å². The van der Waals surface area contributed by atoms with Crippen molar-refractivity contribution in [3.05, 3.63) is 47.5 Å². The second kappa shape index (κ2) is 6.52. The van der Waals surface area contributed by atoms with Crippen molar-refractivity contribution in [1.29, 1.82) is 0 Å². The van der Waals surface area contributed by atoms with Gasteiger partial charge in [0.15, 0.2) is 0 Å². The van der Waals surface area contributed by atoms with Crippen molar-refractivity contribution in [1.82, 2.24) is 4.98 Å². The fourth-order valence-electron chi connectivity index (χ4n) is 5.56. The van der Waals surface area contributed by atoms with Gasteiger partial charge in [0.2, 0.25) is 0 Å². The molecule has 1 N–H and O–H groups in total. The van der Waals surface area contributed by atoms with Crippen molar-refractivity contribution in [3.63, 3.8) is 0 Å². The van der Waals surface area contributed by atoms with E-state index in [0.29, 0.717) is 0 Å². The summed E-state index contributed by atoms with van der Waals surface area (Å²) in [4.78, 5) is 3.82. The fraction of sp³-hybridized carbons (Fsp3) is 0.500. The third-order valence-electron chi connectivity index (χ3n) is 6.81. The van der Waals surface area contributed by atoms with Crippen LogP contribution in [0.4, 0.5) is 0 Å². The van der Waals surface area contributed by atoms with E-state index in [9.17, 15) is 0 Å². The van der Waals surface area contributed by atoms with Gasteiger partial charge in [-0.2, -0.15) is 0 Å². The first kappa shape index (κ1) is 15.5. The van der Waals surface area contributed by atoms with Crippen molar-refractivity contribution in [2.45, 2.75) is 76.0 Å². The standard InChI is InChI=1S/C24H29N/c1-3-9-17(10-4-1)19-15-16-21-20-13-7-8-14-22(20)25-24(21)23(19)18-11-5-2-6-12-18/h7-8,13-18,25H,1-6,9-12H2. The van der Waals surface area contributed by atoms with Crippen LogP contribution in [0.3, 0.4) is 0 Å². The lowest BCUT2D eigenvalue weighted by atomic mass is 9.75. The Balaban J connectivity index is 1.73. The summed E-state index contributed by atoms with van der Waals surface area (Å²) in [5.41, 5.74) is 6.14. The highest BCUT2D eigenvalue weighted by atomic mass is 14.7. The quantitative estimate of drug-likeness (QED) is 0.503. The summed E-state index contributed by atoms with van der Waals surface area (Å²) in [6, 6.07) is 13.7. The van der Waals surface area contributed by atoms with E-state index in [2.05, 4.69) is 41.4 Å². The molecule has 0 saturated heterocycles. The molecule has 2 aliphatic rings. The van der Waals surface area contributed by atoms with Gasteiger partial charge in [-0.05, 0) is 54.7 Å². The normalized spacial score (nSPS) is 20.5. The molecule has 1 nitrogen and oxygen atoms in total. The zero-order valence-electron chi connectivity index (χ0n) is 15.2. The second-order valence-corrected chi connectivity index (χ2v) is 8.33. The number of nitrogens with one attached hydrogen (secondary N) is 1. The predicted octanol–water partition coefficient (Wildman–Crippen LogP) is 7.42. The van der Waals surface area contributed by atoms with Crippen LogP contribution >= 0.6 is 0 Å². The maximum atomic E-state index is 3.82. The van der Waals surface area contributed by atoms with Gasteiger partial charge >= 0.3 is 0 Å². The number of fused-ring (bicyclic) bond motifs is 3.